The molecule has 0 amide bonds. The summed E-state index contributed by atoms with van der Waals surface area (Å²) in [6.45, 7) is 14.3. The molecule has 2 heterocycles. The zero-order valence-electron chi connectivity index (χ0n) is 14.4. The van der Waals surface area contributed by atoms with E-state index in [2.05, 4.69) is 50.9 Å². The third-order valence-corrected chi connectivity index (χ3v) is 4.42. The molecule has 0 spiro atoms. The van der Waals surface area contributed by atoms with Crippen LogP contribution >= 0.6 is 0 Å². The molecule has 1 saturated heterocycles. The standard InChI is InChI=1S/C18H31N3/c1-6-15-7-9-21(10-8-15)17-14(2)11-16(12-19-17)13-20-18(3,4)5/h11-12,15,20H,6-10,13H2,1-5H3. The van der Waals surface area contributed by atoms with E-state index >= 15 is 0 Å². The van der Waals surface area contributed by atoms with Gasteiger partial charge in [0.25, 0.3) is 0 Å². The van der Waals surface area contributed by atoms with E-state index < -0.39 is 0 Å². The fraction of sp³-hybridized carbons (Fsp3) is 0.722. The van der Waals surface area contributed by atoms with E-state index in [-0.39, 0.29) is 5.54 Å². The van der Waals surface area contributed by atoms with Gasteiger partial charge in [0.05, 0.1) is 0 Å². The van der Waals surface area contributed by atoms with E-state index in [1.54, 1.807) is 0 Å². The highest BCUT2D eigenvalue weighted by Crippen LogP contribution is 2.26. The van der Waals surface area contributed by atoms with Crippen molar-refractivity contribution < 1.29 is 0 Å². The van der Waals surface area contributed by atoms with Crippen LogP contribution < -0.4 is 10.2 Å². The summed E-state index contributed by atoms with van der Waals surface area (Å²) in [5, 5.41) is 3.52. The van der Waals surface area contributed by atoms with Crippen molar-refractivity contribution >= 4 is 5.82 Å². The molecule has 0 atom stereocenters. The van der Waals surface area contributed by atoms with Crippen molar-refractivity contribution in [3.63, 3.8) is 0 Å². The fourth-order valence-electron chi connectivity index (χ4n) is 2.97. The summed E-state index contributed by atoms with van der Waals surface area (Å²) in [5.74, 6) is 2.10. The smallest absolute Gasteiger partial charge is 0.131 e. The van der Waals surface area contributed by atoms with Crippen LogP contribution in [0.25, 0.3) is 0 Å². The van der Waals surface area contributed by atoms with Gasteiger partial charge in [0, 0.05) is 31.4 Å². The van der Waals surface area contributed by atoms with Crippen molar-refractivity contribution in [1.29, 1.82) is 0 Å². The fourth-order valence-corrected chi connectivity index (χ4v) is 2.97. The average Bonchev–Trinajstić information content (AvgIpc) is 2.45. The van der Waals surface area contributed by atoms with E-state index in [1.807, 2.05) is 6.20 Å². The third kappa shape index (κ3) is 4.70. The molecule has 2 rings (SSSR count). The molecule has 1 fully saturated rings. The minimum atomic E-state index is 0.147. The van der Waals surface area contributed by atoms with Crippen LogP contribution in [-0.4, -0.2) is 23.6 Å². The molecule has 1 aromatic heterocycles. The van der Waals surface area contributed by atoms with Crippen LogP contribution in [0.2, 0.25) is 0 Å². The molecule has 0 radical (unpaired) electrons. The Morgan fingerprint density at radius 1 is 1.29 bits per heavy atom. The highest BCUT2D eigenvalue weighted by Gasteiger charge is 2.20. The summed E-state index contributed by atoms with van der Waals surface area (Å²) in [4.78, 5) is 7.20. The lowest BCUT2D eigenvalue weighted by molar-refractivity contribution is 0.393. The molecule has 3 heteroatoms. The molecule has 118 valence electrons. The monoisotopic (exact) mass is 289 g/mol. The Kier molecular flexibility index (Phi) is 5.26. The Balaban J connectivity index is 1.99. The highest BCUT2D eigenvalue weighted by atomic mass is 15.2. The second-order valence-electron chi connectivity index (χ2n) is 7.43. The first-order valence-electron chi connectivity index (χ1n) is 8.34. The molecular weight excluding hydrogens is 258 g/mol. The van der Waals surface area contributed by atoms with E-state index in [1.165, 1.54) is 36.2 Å². The van der Waals surface area contributed by atoms with Crippen molar-refractivity contribution in [1.82, 2.24) is 10.3 Å². The number of hydrogen-bond donors (Lipinski definition) is 1. The Labute approximate surface area is 130 Å². The first-order chi connectivity index (χ1) is 9.89. The molecule has 1 aliphatic heterocycles. The lowest BCUT2D eigenvalue weighted by Gasteiger charge is -2.33. The lowest BCUT2D eigenvalue weighted by Crippen LogP contribution is -2.35. The maximum absolute atomic E-state index is 4.74. The second kappa shape index (κ2) is 6.78. The van der Waals surface area contributed by atoms with Gasteiger partial charge in [0.15, 0.2) is 0 Å². The number of pyridine rings is 1. The number of piperidine rings is 1. The third-order valence-electron chi connectivity index (χ3n) is 4.42. The molecule has 0 bridgehead atoms. The molecule has 1 aromatic rings. The Morgan fingerprint density at radius 2 is 1.95 bits per heavy atom. The summed E-state index contributed by atoms with van der Waals surface area (Å²) in [7, 11) is 0. The van der Waals surface area contributed by atoms with Crippen LogP contribution in [0.15, 0.2) is 12.3 Å². The maximum Gasteiger partial charge on any atom is 0.131 e. The van der Waals surface area contributed by atoms with E-state index in [0.29, 0.717) is 0 Å². The molecule has 0 aromatic carbocycles. The number of hydrogen-bond acceptors (Lipinski definition) is 3. The van der Waals surface area contributed by atoms with Gasteiger partial charge in [-0.3, -0.25) is 0 Å². The highest BCUT2D eigenvalue weighted by molar-refractivity contribution is 5.47. The SMILES string of the molecule is CCC1CCN(c2ncc(CNC(C)(C)C)cc2C)CC1. The summed E-state index contributed by atoms with van der Waals surface area (Å²) in [6.07, 6.45) is 5.97. The normalized spacial score (nSPS) is 17.3. The van der Waals surface area contributed by atoms with Gasteiger partial charge >= 0.3 is 0 Å². The number of aromatic nitrogens is 1. The van der Waals surface area contributed by atoms with Crippen LogP contribution in [0, 0.1) is 12.8 Å². The topological polar surface area (TPSA) is 28.2 Å². The number of nitrogens with one attached hydrogen (secondary N) is 1. The zero-order valence-corrected chi connectivity index (χ0v) is 14.4. The number of aryl methyl sites for hydroxylation is 1. The minimum Gasteiger partial charge on any atom is -0.356 e. The van der Waals surface area contributed by atoms with Crippen LogP contribution in [0.3, 0.4) is 0 Å². The van der Waals surface area contributed by atoms with Crippen LogP contribution in [-0.2, 0) is 6.54 Å². The summed E-state index contributed by atoms with van der Waals surface area (Å²) in [5.41, 5.74) is 2.72. The molecule has 0 aliphatic carbocycles. The predicted molar refractivity (Wildman–Crippen MR) is 90.8 cm³/mol. The van der Waals surface area contributed by atoms with Gasteiger partial charge in [-0.15, -0.1) is 0 Å². The second-order valence-corrected chi connectivity index (χ2v) is 7.43. The van der Waals surface area contributed by atoms with Gasteiger partial charge in [-0.2, -0.15) is 0 Å². The number of rotatable bonds is 4. The average molecular weight is 289 g/mol. The van der Waals surface area contributed by atoms with Gasteiger partial charge in [0.2, 0.25) is 0 Å². The van der Waals surface area contributed by atoms with Gasteiger partial charge < -0.3 is 10.2 Å². The lowest BCUT2D eigenvalue weighted by atomic mass is 9.94. The van der Waals surface area contributed by atoms with Crippen LogP contribution in [0.5, 0.6) is 0 Å². The van der Waals surface area contributed by atoms with Crippen molar-refractivity contribution in [2.75, 3.05) is 18.0 Å². The largest absolute Gasteiger partial charge is 0.356 e. The first kappa shape index (κ1) is 16.3. The zero-order chi connectivity index (χ0) is 15.5. The van der Waals surface area contributed by atoms with Crippen LogP contribution in [0.1, 0.15) is 58.1 Å². The molecule has 3 nitrogen and oxygen atoms in total. The van der Waals surface area contributed by atoms with Crippen molar-refractivity contribution in [3.05, 3.63) is 23.4 Å². The van der Waals surface area contributed by atoms with Crippen LogP contribution in [0.4, 0.5) is 5.82 Å². The summed E-state index contributed by atoms with van der Waals surface area (Å²) < 4.78 is 0. The molecule has 21 heavy (non-hydrogen) atoms. The van der Waals surface area contributed by atoms with E-state index in [0.717, 1.165) is 25.6 Å². The molecule has 1 N–H and O–H groups in total. The van der Waals surface area contributed by atoms with Crippen molar-refractivity contribution in [3.8, 4) is 0 Å². The Morgan fingerprint density at radius 3 is 2.48 bits per heavy atom. The quantitative estimate of drug-likeness (QED) is 0.911. The number of anilines is 1. The Bertz CT molecular complexity index is 454. The van der Waals surface area contributed by atoms with Gasteiger partial charge in [0.1, 0.15) is 5.82 Å². The van der Waals surface area contributed by atoms with Crippen molar-refractivity contribution in [2.24, 2.45) is 5.92 Å². The predicted octanol–water partition coefficient (Wildman–Crippen LogP) is 3.90. The number of nitrogens with zero attached hydrogens (tertiary/aromatic N) is 2. The van der Waals surface area contributed by atoms with Gasteiger partial charge in [-0.1, -0.05) is 13.3 Å². The van der Waals surface area contributed by atoms with Crippen molar-refractivity contribution in [2.45, 2.75) is 66.0 Å². The van der Waals surface area contributed by atoms with E-state index in [9.17, 15) is 0 Å². The first-order valence-corrected chi connectivity index (χ1v) is 8.34. The maximum atomic E-state index is 4.74. The van der Waals surface area contributed by atoms with Gasteiger partial charge in [-0.05, 0) is 63.6 Å². The summed E-state index contributed by atoms with van der Waals surface area (Å²) in [6, 6.07) is 2.28. The Hall–Kier alpha value is -1.09. The molecule has 0 unspecified atom stereocenters. The van der Waals surface area contributed by atoms with E-state index in [4.69, 9.17) is 4.98 Å². The molecular formula is C18H31N3. The molecule has 1 aliphatic rings. The summed E-state index contributed by atoms with van der Waals surface area (Å²) >= 11 is 0. The minimum absolute atomic E-state index is 0.147. The molecule has 0 saturated carbocycles. The van der Waals surface area contributed by atoms with Gasteiger partial charge in [-0.25, -0.2) is 4.98 Å².